The number of amides is 1. The summed E-state index contributed by atoms with van der Waals surface area (Å²) in [5.41, 5.74) is 2.45. The molecule has 1 saturated carbocycles. The van der Waals surface area contributed by atoms with Gasteiger partial charge in [-0.3, -0.25) is 14.3 Å². The van der Waals surface area contributed by atoms with Gasteiger partial charge >= 0.3 is 5.97 Å². The molecule has 3 atom stereocenters. The van der Waals surface area contributed by atoms with Gasteiger partial charge in [-0.1, -0.05) is 24.4 Å². The molecule has 3 fully saturated rings. The molecule has 0 spiro atoms. The lowest BCUT2D eigenvalue weighted by Crippen LogP contribution is -2.39. The molecule has 1 aliphatic carbocycles. The number of carbonyl (C=O) groups excluding carboxylic acids is 2. The quantitative estimate of drug-likeness (QED) is 0.364. The second kappa shape index (κ2) is 12.5. The van der Waals surface area contributed by atoms with Gasteiger partial charge in [0.25, 0.3) is 5.91 Å². The summed E-state index contributed by atoms with van der Waals surface area (Å²) in [6, 6.07) is 8.33. The van der Waals surface area contributed by atoms with Crippen molar-refractivity contribution in [1.29, 1.82) is 5.26 Å². The fourth-order valence-corrected chi connectivity index (χ4v) is 7.47. The standard InChI is InChI=1S/C31H36ClN7O5S/c1-19-16-39-28(34-29(19)37-17-21(15-33)27(18-37)44-31(41)20-7-3-4-8-20)14-25(35-39)26-9-5-6-12-38(26)30(40)23-13-22(32)10-11-24(23)36-45(2,42)43/h10-11,13-14,16,20-21,26-27,36H,3-9,12,17-18H2,1-2H3/t21-,26+,27+/m1/s1. The molecule has 0 bridgehead atoms. The Morgan fingerprint density at radius 3 is 2.60 bits per heavy atom. The number of piperidine rings is 1. The molecule has 45 heavy (non-hydrogen) atoms. The number of halogens is 1. The van der Waals surface area contributed by atoms with Crippen LogP contribution in [0.2, 0.25) is 5.02 Å². The van der Waals surface area contributed by atoms with Crippen molar-refractivity contribution >= 4 is 50.7 Å². The highest BCUT2D eigenvalue weighted by atomic mass is 35.5. The molecular formula is C31H36ClN7O5S. The van der Waals surface area contributed by atoms with Gasteiger partial charge < -0.3 is 14.5 Å². The van der Waals surface area contributed by atoms with Crippen LogP contribution in [0, 0.1) is 30.1 Å². The molecule has 6 rings (SSSR count). The number of nitriles is 1. The van der Waals surface area contributed by atoms with Crippen molar-refractivity contribution in [3.63, 3.8) is 0 Å². The number of hydrogen-bond donors (Lipinski definition) is 1. The van der Waals surface area contributed by atoms with Crippen molar-refractivity contribution in [3.05, 3.63) is 52.3 Å². The Morgan fingerprint density at radius 1 is 1.11 bits per heavy atom. The van der Waals surface area contributed by atoms with Gasteiger partial charge in [0.1, 0.15) is 17.8 Å². The Labute approximate surface area is 267 Å². The Kier molecular flexibility index (Phi) is 8.63. The molecule has 0 radical (unpaired) electrons. The van der Waals surface area contributed by atoms with E-state index in [1.54, 1.807) is 9.42 Å². The predicted octanol–water partition coefficient (Wildman–Crippen LogP) is 4.49. The molecule has 1 amide bonds. The summed E-state index contributed by atoms with van der Waals surface area (Å²) < 4.78 is 34.0. The van der Waals surface area contributed by atoms with Crippen molar-refractivity contribution in [2.24, 2.45) is 11.8 Å². The Bertz CT molecular complexity index is 1780. The van der Waals surface area contributed by atoms with E-state index >= 15 is 0 Å². The highest BCUT2D eigenvalue weighted by Gasteiger charge is 2.39. The lowest BCUT2D eigenvalue weighted by molar-refractivity contribution is -0.153. The summed E-state index contributed by atoms with van der Waals surface area (Å²) in [6.07, 6.45) is 8.52. The minimum absolute atomic E-state index is 0.0764. The zero-order valence-electron chi connectivity index (χ0n) is 25.3. The number of likely N-dealkylation sites (tertiary alicyclic amines) is 1. The lowest BCUT2D eigenvalue weighted by atomic mass is 9.98. The first-order chi connectivity index (χ1) is 21.5. The van der Waals surface area contributed by atoms with Crippen molar-refractivity contribution in [1.82, 2.24) is 19.5 Å². The second-order valence-electron chi connectivity index (χ2n) is 12.3. The zero-order valence-corrected chi connectivity index (χ0v) is 26.9. The van der Waals surface area contributed by atoms with Crippen molar-refractivity contribution in [2.45, 2.75) is 64.0 Å². The third-order valence-corrected chi connectivity index (χ3v) is 9.75. The number of nitrogens with zero attached hydrogens (tertiary/aromatic N) is 6. The maximum atomic E-state index is 13.9. The van der Waals surface area contributed by atoms with Crippen LogP contribution >= 0.6 is 11.6 Å². The van der Waals surface area contributed by atoms with Crippen LogP contribution in [0.4, 0.5) is 11.5 Å². The number of carbonyl (C=O) groups is 2. The molecule has 3 aliphatic rings. The molecule has 2 saturated heterocycles. The zero-order chi connectivity index (χ0) is 31.9. The molecule has 3 aromatic rings. The fourth-order valence-electron chi connectivity index (χ4n) is 6.72. The summed E-state index contributed by atoms with van der Waals surface area (Å²) in [7, 11) is -3.63. The maximum Gasteiger partial charge on any atom is 0.309 e. The van der Waals surface area contributed by atoms with Gasteiger partial charge in [0.2, 0.25) is 10.0 Å². The highest BCUT2D eigenvalue weighted by Crippen LogP contribution is 2.35. The number of rotatable bonds is 7. The summed E-state index contributed by atoms with van der Waals surface area (Å²) in [5, 5.41) is 15.0. The summed E-state index contributed by atoms with van der Waals surface area (Å²) in [6.45, 7) is 3.19. The minimum atomic E-state index is -3.63. The summed E-state index contributed by atoms with van der Waals surface area (Å²) in [5.74, 6) is -0.381. The molecule has 2 aromatic heterocycles. The van der Waals surface area contributed by atoms with Crippen LogP contribution in [0.15, 0.2) is 30.5 Å². The van der Waals surface area contributed by atoms with E-state index in [2.05, 4.69) is 10.8 Å². The number of esters is 1. The van der Waals surface area contributed by atoms with Crippen LogP contribution in [-0.2, 0) is 19.6 Å². The first-order valence-corrected chi connectivity index (χ1v) is 17.6. The maximum absolute atomic E-state index is 13.9. The normalized spacial score (nSPS) is 22.5. The molecule has 1 aromatic carbocycles. The van der Waals surface area contributed by atoms with E-state index in [0.717, 1.165) is 50.3 Å². The van der Waals surface area contributed by atoms with E-state index in [9.17, 15) is 23.3 Å². The van der Waals surface area contributed by atoms with Crippen LogP contribution in [0.1, 0.15) is 72.6 Å². The van der Waals surface area contributed by atoms with Gasteiger partial charge in [-0.15, -0.1) is 0 Å². The van der Waals surface area contributed by atoms with Crippen LogP contribution in [0.3, 0.4) is 0 Å². The Hall–Kier alpha value is -3.89. The molecule has 12 nitrogen and oxygen atoms in total. The smallest absolute Gasteiger partial charge is 0.309 e. The van der Waals surface area contributed by atoms with Gasteiger partial charge in [0.05, 0.1) is 47.8 Å². The number of aryl methyl sites for hydroxylation is 1. The second-order valence-corrected chi connectivity index (χ2v) is 14.5. The van der Waals surface area contributed by atoms with Gasteiger partial charge in [0.15, 0.2) is 5.65 Å². The van der Waals surface area contributed by atoms with Crippen molar-refractivity contribution in [2.75, 3.05) is 35.5 Å². The number of benzene rings is 1. The largest absolute Gasteiger partial charge is 0.459 e. The third kappa shape index (κ3) is 6.58. The minimum Gasteiger partial charge on any atom is -0.459 e. The number of fused-ring (bicyclic) bond motifs is 1. The number of nitrogens with one attached hydrogen (secondary N) is 1. The number of hydrogen-bond acceptors (Lipinski definition) is 9. The SMILES string of the molecule is Cc1cn2nc([C@@H]3CCCCN3C(=O)c3cc(Cl)ccc3NS(C)(=O)=O)cc2nc1N1C[C@@H](C#N)[C@@H](OC(=O)C2CCCC2)C1. The topological polar surface area (TPSA) is 150 Å². The number of sulfonamides is 1. The van der Waals surface area contributed by atoms with Crippen LogP contribution in [0.25, 0.3) is 5.65 Å². The van der Waals surface area contributed by atoms with E-state index < -0.39 is 22.0 Å². The molecule has 4 heterocycles. The van der Waals surface area contributed by atoms with Gasteiger partial charge in [0, 0.05) is 35.9 Å². The van der Waals surface area contributed by atoms with Crippen LogP contribution in [0.5, 0.6) is 0 Å². The van der Waals surface area contributed by atoms with Gasteiger partial charge in [-0.05, 0) is 57.2 Å². The molecule has 2 aliphatic heterocycles. The van der Waals surface area contributed by atoms with E-state index in [-0.39, 0.29) is 35.1 Å². The fraction of sp³-hybridized carbons (Fsp3) is 0.516. The van der Waals surface area contributed by atoms with E-state index in [4.69, 9.17) is 26.4 Å². The van der Waals surface area contributed by atoms with Crippen LogP contribution in [-0.4, -0.2) is 71.8 Å². The average molecular weight is 654 g/mol. The van der Waals surface area contributed by atoms with Crippen molar-refractivity contribution < 1.29 is 22.7 Å². The summed E-state index contributed by atoms with van der Waals surface area (Å²) in [4.78, 5) is 35.2. The van der Waals surface area contributed by atoms with E-state index in [1.807, 2.05) is 24.1 Å². The van der Waals surface area contributed by atoms with E-state index in [0.29, 0.717) is 48.2 Å². The molecular weight excluding hydrogens is 618 g/mol. The molecule has 0 unspecified atom stereocenters. The first-order valence-electron chi connectivity index (χ1n) is 15.3. The number of aromatic nitrogens is 3. The average Bonchev–Trinajstić information content (AvgIpc) is 3.77. The van der Waals surface area contributed by atoms with Crippen molar-refractivity contribution in [3.8, 4) is 6.07 Å². The monoisotopic (exact) mass is 653 g/mol. The molecule has 238 valence electrons. The first kappa shape index (κ1) is 31.1. The molecule has 1 N–H and O–H groups in total. The third-order valence-electron chi connectivity index (χ3n) is 8.92. The molecule has 14 heteroatoms. The summed E-state index contributed by atoms with van der Waals surface area (Å²) >= 11 is 6.22. The predicted molar refractivity (Wildman–Crippen MR) is 168 cm³/mol. The highest BCUT2D eigenvalue weighted by molar-refractivity contribution is 7.92. The number of anilines is 2. The lowest BCUT2D eigenvalue weighted by Gasteiger charge is -2.35. The van der Waals surface area contributed by atoms with E-state index in [1.165, 1.54) is 18.2 Å². The van der Waals surface area contributed by atoms with Gasteiger partial charge in [-0.2, -0.15) is 10.4 Å². The number of ether oxygens (including phenoxy) is 1. The van der Waals surface area contributed by atoms with Crippen LogP contribution < -0.4 is 9.62 Å². The van der Waals surface area contributed by atoms with Gasteiger partial charge in [-0.25, -0.2) is 17.9 Å². The Morgan fingerprint density at radius 2 is 1.87 bits per heavy atom. The Balaban J connectivity index is 1.25.